The molecule has 1 heterocycles. The van der Waals surface area contributed by atoms with Gasteiger partial charge < -0.3 is 5.32 Å². The Morgan fingerprint density at radius 2 is 1.60 bits per heavy atom. The summed E-state index contributed by atoms with van der Waals surface area (Å²) in [6, 6.07) is 22.6. The minimum atomic E-state index is -0.103. The Balaban J connectivity index is 1.61. The number of nitrogens with zero attached hydrogens (tertiary/aromatic N) is 3. The van der Waals surface area contributed by atoms with Crippen LogP contribution in [0.5, 0.6) is 0 Å². The molecule has 0 spiro atoms. The summed E-state index contributed by atoms with van der Waals surface area (Å²) >= 11 is 4.89. The second-order valence-electron chi connectivity index (χ2n) is 9.62. The van der Waals surface area contributed by atoms with Crippen LogP contribution in [0, 0.1) is 13.8 Å². The summed E-state index contributed by atoms with van der Waals surface area (Å²) < 4.78 is 2.88. The molecule has 0 radical (unpaired) electrons. The van der Waals surface area contributed by atoms with Crippen molar-refractivity contribution in [3.05, 3.63) is 87.9 Å². The average Bonchev–Trinajstić information content (AvgIpc) is 3.23. The minimum absolute atomic E-state index is 0.0734. The molecule has 0 unspecified atom stereocenters. The maximum atomic E-state index is 12.7. The Hall–Kier alpha value is -2.90. The van der Waals surface area contributed by atoms with E-state index in [1.54, 1.807) is 0 Å². The normalized spacial score (nSPS) is 11.5. The SMILES string of the molecule is Cc1ccc(-n2c(SCC(=O)Nc3ccc(C)cc3Br)nnc2-c2ccc(C(C)(C)C)cc2)cc1. The number of hydrogen-bond donors (Lipinski definition) is 1. The zero-order valence-electron chi connectivity index (χ0n) is 20.6. The number of halogens is 1. The molecular weight excluding hydrogens is 520 g/mol. The van der Waals surface area contributed by atoms with E-state index in [9.17, 15) is 4.79 Å². The van der Waals surface area contributed by atoms with E-state index < -0.39 is 0 Å². The van der Waals surface area contributed by atoms with E-state index in [0.29, 0.717) is 5.16 Å². The molecule has 0 saturated carbocycles. The maximum absolute atomic E-state index is 12.7. The number of nitrogens with one attached hydrogen (secondary N) is 1. The molecule has 1 amide bonds. The summed E-state index contributed by atoms with van der Waals surface area (Å²) in [7, 11) is 0. The van der Waals surface area contributed by atoms with E-state index in [4.69, 9.17) is 0 Å². The van der Waals surface area contributed by atoms with Gasteiger partial charge in [-0.05, 0) is 70.6 Å². The number of amides is 1. The van der Waals surface area contributed by atoms with Gasteiger partial charge in [0.05, 0.1) is 11.4 Å². The quantitative estimate of drug-likeness (QED) is 0.256. The van der Waals surface area contributed by atoms with Gasteiger partial charge in [-0.25, -0.2) is 0 Å². The second kappa shape index (κ2) is 10.4. The zero-order chi connectivity index (χ0) is 25.2. The summed E-state index contributed by atoms with van der Waals surface area (Å²) in [5, 5.41) is 12.6. The fourth-order valence-electron chi connectivity index (χ4n) is 3.63. The molecule has 0 fully saturated rings. The fourth-order valence-corrected chi connectivity index (χ4v) is 4.98. The standard InChI is InChI=1S/C28H29BrN4OS/c1-18-6-13-22(14-7-18)33-26(20-9-11-21(12-10-20)28(3,4)5)31-32-27(33)35-17-25(34)30-24-15-8-19(2)16-23(24)29/h6-16H,17H2,1-5H3,(H,30,34). The van der Waals surface area contributed by atoms with E-state index in [2.05, 4.69) is 108 Å². The predicted molar refractivity (Wildman–Crippen MR) is 148 cm³/mol. The van der Waals surface area contributed by atoms with Crippen LogP contribution in [-0.2, 0) is 10.2 Å². The monoisotopic (exact) mass is 548 g/mol. The number of aromatic nitrogens is 3. The largest absolute Gasteiger partial charge is 0.324 e. The average molecular weight is 550 g/mol. The Morgan fingerprint density at radius 1 is 0.943 bits per heavy atom. The summed E-state index contributed by atoms with van der Waals surface area (Å²) in [4.78, 5) is 12.7. The first-order valence-electron chi connectivity index (χ1n) is 11.4. The number of carbonyl (C=O) groups excluding carboxylic acids is 1. The lowest BCUT2D eigenvalue weighted by Crippen LogP contribution is -2.15. The van der Waals surface area contributed by atoms with Crippen LogP contribution in [0.1, 0.15) is 37.5 Å². The van der Waals surface area contributed by atoms with Crippen molar-refractivity contribution in [2.45, 2.75) is 45.2 Å². The number of thioether (sulfide) groups is 1. The van der Waals surface area contributed by atoms with Gasteiger partial charge in [0, 0.05) is 15.7 Å². The molecule has 0 aliphatic rings. The van der Waals surface area contributed by atoms with Crippen LogP contribution < -0.4 is 5.32 Å². The molecule has 4 rings (SSSR count). The second-order valence-corrected chi connectivity index (χ2v) is 11.4. The lowest BCUT2D eigenvalue weighted by molar-refractivity contribution is -0.113. The maximum Gasteiger partial charge on any atom is 0.234 e. The third-order valence-corrected chi connectivity index (χ3v) is 7.25. The van der Waals surface area contributed by atoms with Crippen LogP contribution in [0.3, 0.4) is 0 Å². The Labute approximate surface area is 219 Å². The molecule has 1 aromatic heterocycles. The molecule has 0 atom stereocenters. The van der Waals surface area contributed by atoms with E-state index >= 15 is 0 Å². The first-order chi connectivity index (χ1) is 16.6. The summed E-state index contributed by atoms with van der Waals surface area (Å²) in [6.45, 7) is 10.7. The van der Waals surface area contributed by atoms with Crippen LogP contribution in [0.4, 0.5) is 5.69 Å². The molecule has 35 heavy (non-hydrogen) atoms. The summed E-state index contributed by atoms with van der Waals surface area (Å²) in [5.74, 6) is 0.861. The highest BCUT2D eigenvalue weighted by atomic mass is 79.9. The van der Waals surface area contributed by atoms with Crippen molar-refractivity contribution in [1.82, 2.24) is 14.8 Å². The number of rotatable bonds is 6. The van der Waals surface area contributed by atoms with Crippen LogP contribution in [0.2, 0.25) is 0 Å². The summed E-state index contributed by atoms with van der Waals surface area (Å²) in [5.41, 5.74) is 6.32. The predicted octanol–water partition coefficient (Wildman–Crippen LogP) is 7.34. The van der Waals surface area contributed by atoms with Crippen molar-refractivity contribution in [1.29, 1.82) is 0 Å². The van der Waals surface area contributed by atoms with Crippen molar-refractivity contribution in [3.8, 4) is 17.1 Å². The smallest absolute Gasteiger partial charge is 0.234 e. The molecule has 0 aliphatic heterocycles. The van der Waals surface area contributed by atoms with Crippen LogP contribution >= 0.6 is 27.7 Å². The Kier molecular flexibility index (Phi) is 7.47. The van der Waals surface area contributed by atoms with E-state index in [1.807, 2.05) is 29.7 Å². The number of benzene rings is 3. The molecule has 4 aromatic rings. The molecule has 3 aromatic carbocycles. The Morgan fingerprint density at radius 3 is 2.23 bits per heavy atom. The van der Waals surface area contributed by atoms with Gasteiger partial charge in [-0.1, -0.05) is 80.6 Å². The minimum Gasteiger partial charge on any atom is -0.324 e. The molecule has 5 nitrogen and oxygen atoms in total. The van der Waals surface area contributed by atoms with Crippen molar-refractivity contribution in [3.63, 3.8) is 0 Å². The van der Waals surface area contributed by atoms with Crippen LogP contribution in [0.25, 0.3) is 17.1 Å². The van der Waals surface area contributed by atoms with E-state index in [0.717, 1.165) is 32.8 Å². The number of carbonyl (C=O) groups is 1. The van der Waals surface area contributed by atoms with Crippen molar-refractivity contribution >= 4 is 39.3 Å². The van der Waals surface area contributed by atoms with Gasteiger partial charge in [0.25, 0.3) is 0 Å². The summed E-state index contributed by atoms with van der Waals surface area (Å²) in [6.07, 6.45) is 0. The first-order valence-corrected chi connectivity index (χ1v) is 13.2. The third-order valence-electron chi connectivity index (χ3n) is 5.67. The van der Waals surface area contributed by atoms with Crippen LogP contribution in [0.15, 0.2) is 76.4 Å². The molecule has 0 bridgehead atoms. The van der Waals surface area contributed by atoms with Crippen molar-refractivity contribution in [2.75, 3.05) is 11.1 Å². The van der Waals surface area contributed by atoms with Gasteiger partial charge in [-0.3, -0.25) is 9.36 Å². The molecule has 180 valence electrons. The fraction of sp³-hybridized carbons (Fsp3) is 0.250. The van der Waals surface area contributed by atoms with Gasteiger partial charge in [-0.2, -0.15) is 0 Å². The zero-order valence-corrected chi connectivity index (χ0v) is 23.0. The molecular formula is C28H29BrN4OS. The van der Waals surface area contributed by atoms with Crippen LogP contribution in [-0.4, -0.2) is 26.4 Å². The molecule has 0 saturated heterocycles. The van der Waals surface area contributed by atoms with Crippen molar-refractivity contribution < 1.29 is 4.79 Å². The highest BCUT2D eigenvalue weighted by molar-refractivity contribution is 9.10. The van der Waals surface area contributed by atoms with E-state index in [1.165, 1.54) is 22.9 Å². The van der Waals surface area contributed by atoms with Gasteiger partial charge in [0.15, 0.2) is 11.0 Å². The first kappa shape index (κ1) is 25.2. The van der Waals surface area contributed by atoms with E-state index in [-0.39, 0.29) is 17.1 Å². The lowest BCUT2D eigenvalue weighted by atomic mass is 9.87. The molecule has 1 N–H and O–H groups in total. The third kappa shape index (κ3) is 6.03. The molecule has 7 heteroatoms. The molecule has 0 aliphatic carbocycles. The highest BCUT2D eigenvalue weighted by Gasteiger charge is 2.19. The van der Waals surface area contributed by atoms with Gasteiger partial charge in [-0.15, -0.1) is 10.2 Å². The number of anilines is 1. The van der Waals surface area contributed by atoms with Crippen molar-refractivity contribution in [2.24, 2.45) is 0 Å². The van der Waals surface area contributed by atoms with Gasteiger partial charge in [0.1, 0.15) is 0 Å². The van der Waals surface area contributed by atoms with Gasteiger partial charge in [0.2, 0.25) is 5.91 Å². The Bertz CT molecular complexity index is 1340. The highest BCUT2D eigenvalue weighted by Crippen LogP contribution is 2.31. The van der Waals surface area contributed by atoms with Gasteiger partial charge >= 0.3 is 0 Å². The topological polar surface area (TPSA) is 59.8 Å². The number of hydrogen-bond acceptors (Lipinski definition) is 4. The lowest BCUT2D eigenvalue weighted by Gasteiger charge is -2.19. The number of aryl methyl sites for hydroxylation is 2.